The minimum atomic E-state index is -4.20. The number of alkyl halides is 4. The molecule has 0 radical (unpaired) electrons. The molecule has 0 saturated heterocycles. The van der Waals surface area contributed by atoms with E-state index < -0.39 is 19.0 Å². The third kappa shape index (κ3) is 5.31. The van der Waals surface area contributed by atoms with Crippen LogP contribution < -0.4 is 5.32 Å². The first kappa shape index (κ1) is 21.9. The molecule has 1 aromatic carbocycles. The number of hydrogen-bond acceptors (Lipinski definition) is 3. The normalized spacial score (nSPS) is 13.0. The fourth-order valence-corrected chi connectivity index (χ4v) is 2.73. The van der Waals surface area contributed by atoms with E-state index in [0.29, 0.717) is 11.1 Å². The molecule has 0 spiro atoms. The van der Waals surface area contributed by atoms with Crippen molar-refractivity contribution >= 4 is 5.91 Å². The predicted molar refractivity (Wildman–Crippen MR) is 95.6 cm³/mol. The van der Waals surface area contributed by atoms with Gasteiger partial charge in [0.2, 0.25) is 0 Å². The summed E-state index contributed by atoms with van der Waals surface area (Å²) >= 11 is 0. The number of halogens is 4. The van der Waals surface area contributed by atoms with Crippen molar-refractivity contribution in [2.75, 3.05) is 6.61 Å². The summed E-state index contributed by atoms with van der Waals surface area (Å²) in [5.41, 5.74) is 2.59. The number of carbonyl (C=O) groups is 1. The highest BCUT2D eigenvalue weighted by atomic mass is 19.3. The molecule has 154 valence electrons. The summed E-state index contributed by atoms with van der Waals surface area (Å²) in [5.74, 6) is -4.55. The Morgan fingerprint density at radius 3 is 2.68 bits per heavy atom. The topological polar surface area (TPSA) is 56.2 Å². The molecule has 2 rings (SSSR count). The van der Waals surface area contributed by atoms with Crippen molar-refractivity contribution in [1.29, 1.82) is 0 Å². The number of amides is 1. The van der Waals surface area contributed by atoms with Crippen molar-refractivity contribution in [2.45, 2.75) is 52.3 Å². The van der Waals surface area contributed by atoms with Crippen LogP contribution in [0.15, 0.2) is 30.5 Å². The molecular formula is C19H23F4N3O2. The molecule has 28 heavy (non-hydrogen) atoms. The maximum absolute atomic E-state index is 12.9. The van der Waals surface area contributed by atoms with Crippen LogP contribution in [0.3, 0.4) is 0 Å². The summed E-state index contributed by atoms with van der Waals surface area (Å²) in [6.45, 7) is 4.75. The van der Waals surface area contributed by atoms with E-state index in [2.05, 4.69) is 15.2 Å². The smallest absolute Gasteiger partial charge is 0.330 e. The van der Waals surface area contributed by atoms with Crippen LogP contribution in [0.4, 0.5) is 17.6 Å². The Hall–Kier alpha value is -2.42. The van der Waals surface area contributed by atoms with Crippen molar-refractivity contribution in [3.8, 4) is 0 Å². The van der Waals surface area contributed by atoms with E-state index in [1.807, 2.05) is 25.5 Å². The fourth-order valence-electron chi connectivity index (χ4n) is 2.73. The summed E-state index contributed by atoms with van der Waals surface area (Å²) < 4.78 is 56.5. The second-order valence-corrected chi connectivity index (χ2v) is 6.45. The number of ether oxygens (including phenoxy) is 1. The Morgan fingerprint density at radius 1 is 1.36 bits per heavy atom. The van der Waals surface area contributed by atoms with Crippen molar-refractivity contribution in [3.63, 3.8) is 0 Å². The summed E-state index contributed by atoms with van der Waals surface area (Å²) in [4.78, 5) is 12.5. The third-order valence-corrected chi connectivity index (χ3v) is 4.33. The van der Waals surface area contributed by atoms with Gasteiger partial charge in [-0.15, -0.1) is 0 Å². The van der Waals surface area contributed by atoms with Gasteiger partial charge in [-0.2, -0.15) is 13.9 Å². The van der Waals surface area contributed by atoms with E-state index >= 15 is 0 Å². The SMILES string of the molecule is CCn1ncc(C(C)NC(=O)c2cccc(COCC(F)(F)C(F)F)c2)c1C. The van der Waals surface area contributed by atoms with E-state index in [0.717, 1.165) is 17.8 Å². The summed E-state index contributed by atoms with van der Waals surface area (Å²) in [7, 11) is 0. The highest BCUT2D eigenvalue weighted by Gasteiger charge is 2.40. The Balaban J connectivity index is 1.98. The van der Waals surface area contributed by atoms with Gasteiger partial charge in [0.15, 0.2) is 0 Å². The Bertz CT molecular complexity index is 808. The lowest BCUT2D eigenvalue weighted by Crippen LogP contribution is -2.32. The molecule has 0 fully saturated rings. The lowest BCUT2D eigenvalue weighted by molar-refractivity contribution is -0.168. The molecule has 0 bridgehead atoms. The average molecular weight is 401 g/mol. The van der Waals surface area contributed by atoms with Crippen LogP contribution in [-0.4, -0.2) is 34.6 Å². The number of nitrogens with one attached hydrogen (secondary N) is 1. The molecule has 2 aromatic rings. The van der Waals surface area contributed by atoms with Gasteiger partial charge in [0.05, 0.1) is 18.8 Å². The Labute approximate surface area is 160 Å². The van der Waals surface area contributed by atoms with Crippen LogP contribution in [0.25, 0.3) is 0 Å². The summed E-state index contributed by atoms with van der Waals surface area (Å²) in [6.07, 6.45) is -2.08. The van der Waals surface area contributed by atoms with E-state index in [4.69, 9.17) is 0 Å². The van der Waals surface area contributed by atoms with Gasteiger partial charge >= 0.3 is 12.3 Å². The first-order valence-corrected chi connectivity index (χ1v) is 8.81. The zero-order valence-electron chi connectivity index (χ0n) is 15.9. The molecule has 0 saturated carbocycles. The lowest BCUT2D eigenvalue weighted by atomic mass is 10.1. The second kappa shape index (κ2) is 9.18. The van der Waals surface area contributed by atoms with Gasteiger partial charge in [0.25, 0.3) is 5.91 Å². The minimum absolute atomic E-state index is 0.280. The Morgan fingerprint density at radius 2 is 2.07 bits per heavy atom. The van der Waals surface area contributed by atoms with Gasteiger partial charge in [-0.05, 0) is 38.5 Å². The van der Waals surface area contributed by atoms with Crippen LogP contribution >= 0.6 is 0 Å². The molecular weight excluding hydrogens is 378 g/mol. The second-order valence-electron chi connectivity index (χ2n) is 6.45. The maximum Gasteiger partial charge on any atom is 0.330 e. The molecule has 1 atom stereocenters. The molecule has 1 unspecified atom stereocenters. The molecule has 1 heterocycles. The average Bonchev–Trinajstić information content (AvgIpc) is 3.02. The molecule has 0 aliphatic heterocycles. The number of carbonyl (C=O) groups excluding carboxylic acids is 1. The van der Waals surface area contributed by atoms with Crippen LogP contribution in [0.5, 0.6) is 0 Å². The summed E-state index contributed by atoms with van der Waals surface area (Å²) in [5, 5.41) is 7.11. The number of nitrogens with zero attached hydrogens (tertiary/aromatic N) is 2. The fraction of sp³-hybridized carbons (Fsp3) is 0.474. The number of aryl methyl sites for hydroxylation is 1. The van der Waals surface area contributed by atoms with E-state index in [-0.39, 0.29) is 18.6 Å². The molecule has 1 amide bonds. The predicted octanol–water partition coefficient (Wildman–Crippen LogP) is 4.12. The lowest BCUT2D eigenvalue weighted by Gasteiger charge is -2.16. The molecule has 0 aliphatic rings. The van der Waals surface area contributed by atoms with Gasteiger partial charge in [-0.25, -0.2) is 8.78 Å². The van der Waals surface area contributed by atoms with Gasteiger partial charge < -0.3 is 10.1 Å². The van der Waals surface area contributed by atoms with E-state index in [9.17, 15) is 22.4 Å². The quantitative estimate of drug-likeness (QED) is 0.643. The van der Waals surface area contributed by atoms with Crippen molar-refractivity contribution < 1.29 is 27.1 Å². The Kier molecular flexibility index (Phi) is 7.17. The van der Waals surface area contributed by atoms with Crippen LogP contribution in [0.1, 0.15) is 47.1 Å². The molecule has 0 aliphatic carbocycles. The third-order valence-electron chi connectivity index (χ3n) is 4.33. The molecule has 1 aromatic heterocycles. The largest absolute Gasteiger partial charge is 0.370 e. The van der Waals surface area contributed by atoms with Gasteiger partial charge in [-0.1, -0.05) is 12.1 Å². The number of hydrogen-bond donors (Lipinski definition) is 1. The van der Waals surface area contributed by atoms with Crippen molar-refractivity contribution in [3.05, 3.63) is 52.8 Å². The standard InChI is InChI=1S/C19H23F4N3O2/c1-4-26-13(3)16(9-24-26)12(2)25-17(27)15-7-5-6-14(8-15)10-28-11-19(22,23)18(20)21/h5-9,12,18H,4,10-11H2,1-3H3,(H,25,27). The van der Waals surface area contributed by atoms with E-state index in [1.54, 1.807) is 24.4 Å². The van der Waals surface area contributed by atoms with Crippen LogP contribution in [0.2, 0.25) is 0 Å². The first-order chi connectivity index (χ1) is 13.2. The molecule has 5 nitrogen and oxygen atoms in total. The number of aromatic nitrogens is 2. The van der Waals surface area contributed by atoms with Gasteiger partial charge in [0.1, 0.15) is 6.61 Å². The van der Waals surface area contributed by atoms with E-state index in [1.165, 1.54) is 6.07 Å². The van der Waals surface area contributed by atoms with Gasteiger partial charge in [0, 0.05) is 23.4 Å². The monoisotopic (exact) mass is 401 g/mol. The van der Waals surface area contributed by atoms with Gasteiger partial charge in [-0.3, -0.25) is 9.48 Å². The van der Waals surface area contributed by atoms with Crippen LogP contribution in [-0.2, 0) is 17.9 Å². The maximum atomic E-state index is 12.9. The van der Waals surface area contributed by atoms with Crippen molar-refractivity contribution in [1.82, 2.24) is 15.1 Å². The van der Waals surface area contributed by atoms with Crippen LogP contribution in [0, 0.1) is 6.92 Å². The highest BCUT2D eigenvalue weighted by molar-refractivity contribution is 5.94. The minimum Gasteiger partial charge on any atom is -0.370 e. The zero-order valence-corrected chi connectivity index (χ0v) is 15.9. The first-order valence-electron chi connectivity index (χ1n) is 8.81. The highest BCUT2D eigenvalue weighted by Crippen LogP contribution is 2.23. The zero-order chi connectivity index (χ0) is 20.9. The van der Waals surface area contributed by atoms with Crippen molar-refractivity contribution in [2.24, 2.45) is 0 Å². The summed E-state index contributed by atoms with van der Waals surface area (Å²) in [6, 6.07) is 5.91. The number of benzene rings is 1. The number of rotatable bonds is 9. The molecule has 9 heteroatoms. The molecule has 1 N–H and O–H groups in total.